The molecule has 0 aromatic carbocycles. The molecule has 0 atom stereocenters. The van der Waals surface area contributed by atoms with Crippen molar-refractivity contribution in [3.05, 3.63) is 17.5 Å². The summed E-state index contributed by atoms with van der Waals surface area (Å²) in [6.07, 6.45) is -0.155. The molecule has 0 unspecified atom stereocenters. The minimum Gasteiger partial charge on any atom is -0.481 e. The molecule has 0 aliphatic heterocycles. The minimum absolute atomic E-state index is 0.00437. The molecule has 0 aliphatic rings. The Hall–Kier alpha value is -1.85. The third-order valence-corrected chi connectivity index (χ3v) is 2.44. The number of rotatable bonds is 5. The number of aromatic nitrogens is 2. The van der Waals surface area contributed by atoms with E-state index in [0.717, 1.165) is 11.4 Å². The molecule has 1 aromatic heterocycles. The highest BCUT2D eigenvalue weighted by atomic mass is 16.4. The van der Waals surface area contributed by atoms with Crippen LogP contribution >= 0.6 is 0 Å². The second-order valence-electron chi connectivity index (χ2n) is 5.20. The van der Waals surface area contributed by atoms with E-state index in [1.165, 1.54) is 0 Å². The molecule has 0 aliphatic carbocycles. The molecule has 0 spiro atoms. The smallest absolute Gasteiger partial charge is 0.303 e. The van der Waals surface area contributed by atoms with Gasteiger partial charge in [0, 0.05) is 11.8 Å². The molecular formula is C12H19N3O3. The lowest BCUT2D eigenvalue weighted by atomic mass is 9.92. The van der Waals surface area contributed by atoms with Crippen LogP contribution in [0.25, 0.3) is 0 Å². The van der Waals surface area contributed by atoms with Gasteiger partial charge in [0.25, 0.3) is 0 Å². The summed E-state index contributed by atoms with van der Waals surface area (Å²) in [5.41, 5.74) is 1.70. The molecular weight excluding hydrogens is 234 g/mol. The zero-order valence-electron chi connectivity index (χ0n) is 10.9. The third kappa shape index (κ3) is 4.57. The number of hydrogen-bond acceptors (Lipinski definition) is 3. The maximum Gasteiger partial charge on any atom is 0.303 e. The molecule has 0 saturated carbocycles. The highest BCUT2D eigenvalue weighted by Crippen LogP contribution is 2.20. The predicted molar refractivity (Wildman–Crippen MR) is 66.0 cm³/mol. The van der Waals surface area contributed by atoms with Crippen molar-refractivity contribution in [1.29, 1.82) is 0 Å². The summed E-state index contributed by atoms with van der Waals surface area (Å²) >= 11 is 0. The molecule has 0 bridgehead atoms. The van der Waals surface area contributed by atoms with Crippen molar-refractivity contribution in [2.45, 2.75) is 45.6 Å². The Morgan fingerprint density at radius 1 is 1.39 bits per heavy atom. The number of carbonyl (C=O) groups excluding carboxylic acids is 1. The van der Waals surface area contributed by atoms with Crippen molar-refractivity contribution in [1.82, 2.24) is 15.5 Å². The highest BCUT2D eigenvalue weighted by molar-refractivity contribution is 5.80. The molecule has 1 rings (SSSR count). The van der Waals surface area contributed by atoms with Gasteiger partial charge in [-0.2, -0.15) is 5.10 Å². The molecule has 0 fully saturated rings. The molecule has 100 valence electrons. The van der Waals surface area contributed by atoms with E-state index in [2.05, 4.69) is 36.3 Å². The van der Waals surface area contributed by atoms with Crippen molar-refractivity contribution in [3.63, 3.8) is 0 Å². The summed E-state index contributed by atoms with van der Waals surface area (Å²) in [5, 5.41) is 18.1. The van der Waals surface area contributed by atoms with Gasteiger partial charge in [0.2, 0.25) is 5.91 Å². The van der Waals surface area contributed by atoms with Gasteiger partial charge in [0.05, 0.1) is 24.4 Å². The molecule has 6 nitrogen and oxygen atoms in total. The summed E-state index contributed by atoms with van der Waals surface area (Å²) in [4.78, 5) is 21.6. The third-order valence-electron chi connectivity index (χ3n) is 2.44. The number of nitrogens with one attached hydrogen (secondary N) is 2. The first kappa shape index (κ1) is 14.2. The molecule has 1 amide bonds. The van der Waals surface area contributed by atoms with Gasteiger partial charge in [-0.1, -0.05) is 20.8 Å². The second kappa shape index (κ2) is 5.66. The number of amides is 1. The van der Waals surface area contributed by atoms with Crippen molar-refractivity contribution in [2.24, 2.45) is 0 Å². The van der Waals surface area contributed by atoms with Crippen LogP contribution in [-0.4, -0.2) is 27.2 Å². The van der Waals surface area contributed by atoms with Gasteiger partial charge in [-0.25, -0.2) is 0 Å². The zero-order chi connectivity index (χ0) is 13.8. The number of aliphatic carboxylic acids is 1. The zero-order valence-corrected chi connectivity index (χ0v) is 10.9. The van der Waals surface area contributed by atoms with Gasteiger partial charge in [-0.05, 0) is 6.07 Å². The highest BCUT2D eigenvalue weighted by Gasteiger charge is 2.17. The lowest BCUT2D eigenvalue weighted by molar-refractivity contribution is -0.138. The van der Waals surface area contributed by atoms with Gasteiger partial charge in [-0.3, -0.25) is 14.7 Å². The standard InChI is InChI=1S/C12H19N3O3/c1-12(2,3)9-6-8(14-15-9)7-13-10(16)4-5-11(17)18/h6H,4-5,7H2,1-3H3,(H,13,16)(H,14,15)(H,17,18). The normalized spacial score (nSPS) is 11.3. The first-order chi connectivity index (χ1) is 8.29. The van der Waals surface area contributed by atoms with Crippen molar-refractivity contribution >= 4 is 11.9 Å². The summed E-state index contributed by atoms with van der Waals surface area (Å²) in [6, 6.07) is 1.90. The van der Waals surface area contributed by atoms with E-state index in [0.29, 0.717) is 6.54 Å². The number of hydrogen-bond donors (Lipinski definition) is 3. The first-order valence-corrected chi connectivity index (χ1v) is 5.82. The molecule has 0 radical (unpaired) electrons. The molecule has 0 saturated heterocycles. The van der Waals surface area contributed by atoms with Crippen LogP contribution in [0.3, 0.4) is 0 Å². The van der Waals surface area contributed by atoms with Crippen molar-refractivity contribution in [3.8, 4) is 0 Å². The van der Waals surface area contributed by atoms with Crippen LogP contribution in [0.15, 0.2) is 6.07 Å². The van der Waals surface area contributed by atoms with Crippen LogP contribution in [0.1, 0.15) is 45.0 Å². The summed E-state index contributed by atoms with van der Waals surface area (Å²) in [6.45, 7) is 6.50. The van der Waals surface area contributed by atoms with Crippen molar-refractivity contribution < 1.29 is 14.7 Å². The summed E-state index contributed by atoms with van der Waals surface area (Å²) in [7, 11) is 0. The van der Waals surface area contributed by atoms with E-state index in [1.807, 2.05) is 6.07 Å². The number of carboxylic acids is 1. The van der Waals surface area contributed by atoms with E-state index < -0.39 is 5.97 Å². The van der Waals surface area contributed by atoms with E-state index >= 15 is 0 Å². The fourth-order valence-electron chi connectivity index (χ4n) is 1.34. The SMILES string of the molecule is CC(C)(C)c1cc(CNC(=O)CCC(=O)O)[nH]n1. The first-order valence-electron chi connectivity index (χ1n) is 5.82. The lowest BCUT2D eigenvalue weighted by Gasteiger charge is -2.13. The fourth-order valence-corrected chi connectivity index (χ4v) is 1.34. The van der Waals surface area contributed by atoms with E-state index in [1.54, 1.807) is 0 Å². The molecule has 1 heterocycles. The largest absolute Gasteiger partial charge is 0.481 e. The van der Waals surface area contributed by atoms with Crippen LogP contribution in [0, 0.1) is 0 Å². The fraction of sp³-hybridized carbons (Fsp3) is 0.583. The monoisotopic (exact) mass is 253 g/mol. The number of H-pyrrole nitrogens is 1. The molecule has 3 N–H and O–H groups in total. The van der Waals surface area contributed by atoms with Gasteiger partial charge < -0.3 is 10.4 Å². The van der Waals surface area contributed by atoms with E-state index in [4.69, 9.17) is 5.11 Å². The summed E-state index contributed by atoms with van der Waals surface area (Å²) < 4.78 is 0. The van der Waals surface area contributed by atoms with E-state index in [9.17, 15) is 9.59 Å². The molecule has 6 heteroatoms. The molecule has 1 aromatic rings. The number of carbonyl (C=O) groups is 2. The second-order valence-corrected chi connectivity index (χ2v) is 5.20. The Labute approximate surface area is 106 Å². The quantitative estimate of drug-likeness (QED) is 0.734. The topological polar surface area (TPSA) is 95.1 Å². The minimum atomic E-state index is -0.971. The van der Waals surface area contributed by atoms with Crippen LogP contribution < -0.4 is 5.32 Å². The average molecular weight is 253 g/mol. The maximum atomic E-state index is 11.3. The summed E-state index contributed by atoms with van der Waals surface area (Å²) in [5.74, 6) is -1.24. The number of carboxylic acid groups (broad SMARTS) is 1. The van der Waals surface area contributed by atoms with Crippen molar-refractivity contribution in [2.75, 3.05) is 0 Å². The Balaban J connectivity index is 2.42. The Morgan fingerprint density at radius 3 is 2.56 bits per heavy atom. The predicted octanol–water partition coefficient (Wildman–Crippen LogP) is 1.19. The van der Waals surface area contributed by atoms with E-state index in [-0.39, 0.29) is 24.2 Å². The average Bonchev–Trinajstić information content (AvgIpc) is 2.71. The van der Waals surface area contributed by atoms with Crippen LogP contribution in [0.5, 0.6) is 0 Å². The van der Waals surface area contributed by atoms with Crippen LogP contribution in [0.4, 0.5) is 0 Å². The van der Waals surface area contributed by atoms with Gasteiger partial charge >= 0.3 is 5.97 Å². The Kier molecular flexibility index (Phi) is 4.47. The van der Waals surface area contributed by atoms with Gasteiger partial charge in [0.1, 0.15) is 0 Å². The van der Waals surface area contributed by atoms with Gasteiger partial charge in [-0.15, -0.1) is 0 Å². The lowest BCUT2D eigenvalue weighted by Crippen LogP contribution is -2.23. The molecule has 18 heavy (non-hydrogen) atoms. The number of aromatic amines is 1. The Morgan fingerprint density at radius 2 is 2.06 bits per heavy atom. The Bertz CT molecular complexity index is 432. The van der Waals surface area contributed by atoms with Crippen LogP contribution in [0.2, 0.25) is 0 Å². The van der Waals surface area contributed by atoms with Gasteiger partial charge in [0.15, 0.2) is 0 Å². The maximum absolute atomic E-state index is 11.3. The number of nitrogens with zero attached hydrogens (tertiary/aromatic N) is 1. The van der Waals surface area contributed by atoms with Crippen LogP contribution in [-0.2, 0) is 21.5 Å².